The molecule has 0 amide bonds. The first kappa shape index (κ1) is 12.7. The van der Waals surface area contributed by atoms with Crippen molar-refractivity contribution in [1.29, 1.82) is 0 Å². The van der Waals surface area contributed by atoms with E-state index in [1.165, 1.54) is 0 Å². The summed E-state index contributed by atoms with van der Waals surface area (Å²) >= 11 is 0. The van der Waals surface area contributed by atoms with Gasteiger partial charge in [-0.2, -0.15) is 0 Å². The zero-order chi connectivity index (χ0) is 14.9. The largest absolute Gasteiger partial charge is 0.373 e. The van der Waals surface area contributed by atoms with E-state index in [0.29, 0.717) is 9.35 Å². The van der Waals surface area contributed by atoms with E-state index < -0.39 is 33.6 Å². The molecule has 0 saturated heterocycles. The molecule has 16 nitrogen and oxygen atoms in total. The average Bonchev–Trinajstić information content (AvgIpc) is 2.85. The molecule has 0 bridgehead atoms. The molecule has 0 saturated carbocycles. The zero-order valence-electron chi connectivity index (χ0n) is 9.26. The van der Waals surface area contributed by atoms with Crippen molar-refractivity contribution in [3.8, 4) is 11.6 Å². The highest BCUT2D eigenvalue weighted by molar-refractivity contribution is 5.51. The van der Waals surface area contributed by atoms with Crippen LogP contribution in [-0.4, -0.2) is 39.8 Å². The van der Waals surface area contributed by atoms with Crippen LogP contribution in [0.1, 0.15) is 0 Å². The van der Waals surface area contributed by atoms with Crippen LogP contribution in [0.4, 0.5) is 11.9 Å². The summed E-state index contributed by atoms with van der Waals surface area (Å²) in [7, 11) is 0. The van der Waals surface area contributed by atoms with Gasteiger partial charge in [-0.25, -0.2) is 9.35 Å². The normalized spacial score (nSPS) is 10.2. The number of nitrogens with two attached hydrogens (primary N) is 2. The van der Waals surface area contributed by atoms with Crippen LogP contribution in [0, 0.1) is 20.2 Å². The Morgan fingerprint density at radius 2 is 1.20 bits per heavy atom. The van der Waals surface area contributed by atoms with Crippen LogP contribution < -0.4 is 11.5 Å². The van der Waals surface area contributed by atoms with Crippen molar-refractivity contribution in [2.45, 2.75) is 0 Å². The highest BCUT2D eigenvalue weighted by Gasteiger charge is 2.23. The quantitative estimate of drug-likeness (QED) is 0.469. The minimum Gasteiger partial charge on any atom is -0.373 e. The summed E-state index contributed by atoms with van der Waals surface area (Å²) in [6.07, 6.45) is 0. The molecule has 0 aliphatic heterocycles. The van der Waals surface area contributed by atoms with Crippen molar-refractivity contribution in [3.63, 3.8) is 0 Å². The van der Waals surface area contributed by atoms with Gasteiger partial charge in [-0.05, 0) is 0 Å². The first-order valence-corrected chi connectivity index (χ1v) is 4.55. The van der Waals surface area contributed by atoms with Crippen molar-refractivity contribution in [3.05, 3.63) is 31.3 Å². The molecule has 2 aromatic heterocycles. The summed E-state index contributed by atoms with van der Waals surface area (Å²) in [5, 5.41) is 32.2. The second-order valence-corrected chi connectivity index (χ2v) is 3.04. The molecule has 2 heterocycles. The second kappa shape index (κ2) is 4.51. The Morgan fingerprint density at radius 3 is 1.50 bits per heavy atom. The Bertz CT molecular complexity index is 613. The van der Waals surface area contributed by atoms with Gasteiger partial charge in [0, 0.05) is 0 Å². The van der Waals surface area contributed by atoms with E-state index in [2.05, 4.69) is 31.5 Å². The minimum atomic E-state index is -1.07. The predicted octanol–water partition coefficient (Wildman–Crippen LogP) is -1.64. The molecule has 0 aliphatic rings. The molecule has 106 valence electrons. The maximum Gasteiger partial charge on any atom is 0.302 e. The van der Waals surface area contributed by atoms with Gasteiger partial charge >= 0.3 is 23.5 Å². The summed E-state index contributed by atoms with van der Waals surface area (Å²) in [5.41, 5.74) is 16.4. The number of hydrogen-bond acceptors (Lipinski definition) is 10. The van der Waals surface area contributed by atoms with Gasteiger partial charge in [0.1, 0.15) is 0 Å². The lowest BCUT2D eigenvalue weighted by Gasteiger charge is -2.16. The SMILES string of the molecule is Nc1nnc(-c2nnc(N)n2[N-][N+](=O)[O-])n1[N-][N+](=O)[O-]. The van der Waals surface area contributed by atoms with Crippen molar-refractivity contribution in [1.82, 2.24) is 29.7 Å². The number of hydrogen-bond donors (Lipinski definition) is 2. The number of rotatable bonds is 5. The third-order valence-electron chi connectivity index (χ3n) is 1.85. The van der Waals surface area contributed by atoms with Gasteiger partial charge in [0.25, 0.3) is 0 Å². The number of nitrogens with zero attached hydrogens (tertiary/aromatic N) is 10. The fourth-order valence-corrected chi connectivity index (χ4v) is 1.18. The van der Waals surface area contributed by atoms with Gasteiger partial charge < -0.3 is 31.7 Å². The molecular formula is C4H4N12O4-2. The van der Waals surface area contributed by atoms with Crippen molar-refractivity contribution in [2.24, 2.45) is 0 Å². The first-order chi connectivity index (χ1) is 9.40. The molecule has 0 radical (unpaired) electrons. The molecule has 0 spiro atoms. The molecule has 0 aliphatic carbocycles. The van der Waals surface area contributed by atoms with Crippen LogP contribution in [0.3, 0.4) is 0 Å². The highest BCUT2D eigenvalue weighted by Crippen LogP contribution is 2.22. The lowest BCUT2D eigenvalue weighted by Crippen LogP contribution is -2.10. The number of nitrogen functional groups attached to an aromatic ring is 2. The fourth-order valence-electron chi connectivity index (χ4n) is 1.18. The molecule has 20 heavy (non-hydrogen) atoms. The summed E-state index contributed by atoms with van der Waals surface area (Å²) in [6.45, 7) is 0. The molecule has 4 N–H and O–H groups in total. The van der Waals surface area contributed by atoms with Crippen molar-refractivity contribution in [2.75, 3.05) is 11.5 Å². The van der Waals surface area contributed by atoms with Gasteiger partial charge in [0.2, 0.25) is 0 Å². The Kier molecular flexibility index (Phi) is 2.87. The van der Waals surface area contributed by atoms with Crippen LogP contribution in [-0.2, 0) is 0 Å². The van der Waals surface area contributed by atoms with Crippen LogP contribution in [0.5, 0.6) is 0 Å². The highest BCUT2D eigenvalue weighted by atomic mass is 16.7. The molecule has 16 heteroatoms. The third-order valence-corrected chi connectivity index (χ3v) is 1.85. The molecule has 0 unspecified atom stereocenters. The molecule has 2 aromatic rings. The number of nitro groups is 2. The summed E-state index contributed by atoms with van der Waals surface area (Å²) in [6, 6.07) is 0. The van der Waals surface area contributed by atoms with E-state index in [-0.39, 0.29) is 0 Å². The van der Waals surface area contributed by atoms with Crippen LogP contribution in [0.15, 0.2) is 0 Å². The fraction of sp³-hybridized carbons (Fsp3) is 0. The van der Waals surface area contributed by atoms with Gasteiger partial charge in [0.05, 0.1) is 0 Å². The molecular weight excluding hydrogens is 280 g/mol. The molecule has 0 aromatic carbocycles. The van der Waals surface area contributed by atoms with E-state index in [9.17, 15) is 20.2 Å². The molecule has 2 rings (SSSR count). The Labute approximate surface area is 107 Å². The van der Waals surface area contributed by atoms with Gasteiger partial charge in [-0.15, -0.1) is 10.1 Å². The lowest BCUT2D eigenvalue weighted by molar-refractivity contribution is -0.433. The van der Waals surface area contributed by atoms with Gasteiger partial charge in [-0.3, -0.25) is 11.1 Å². The van der Waals surface area contributed by atoms with Crippen LogP contribution >= 0.6 is 0 Å². The van der Waals surface area contributed by atoms with Crippen LogP contribution in [0.2, 0.25) is 0 Å². The van der Waals surface area contributed by atoms with E-state index in [1.807, 2.05) is 0 Å². The lowest BCUT2D eigenvalue weighted by atomic mass is 10.6. The standard InChI is InChI=1S/C4H4N12O4/c5-3-9-7-1(13(3)11-15(17)18)2-8-10-4(6)14(2)12-16(19)20/h(H2,5,9)(H2,6,10)/q-2. The van der Waals surface area contributed by atoms with E-state index >= 15 is 0 Å². The predicted molar refractivity (Wildman–Crippen MR) is 59.4 cm³/mol. The maximum absolute atomic E-state index is 10.4. The topological polar surface area (TPSA) is 228 Å². The second-order valence-electron chi connectivity index (χ2n) is 3.04. The van der Waals surface area contributed by atoms with Crippen molar-refractivity contribution < 1.29 is 10.1 Å². The number of aromatic nitrogens is 6. The third kappa shape index (κ3) is 2.14. The molecule has 0 atom stereocenters. The smallest absolute Gasteiger partial charge is 0.302 e. The maximum atomic E-state index is 10.4. The van der Waals surface area contributed by atoms with E-state index in [1.54, 1.807) is 0 Å². The minimum absolute atomic E-state index is 0.394. The average molecular weight is 284 g/mol. The van der Waals surface area contributed by atoms with Crippen LogP contribution in [0.25, 0.3) is 22.7 Å². The Balaban J connectivity index is 2.52. The molecule has 0 fully saturated rings. The first-order valence-electron chi connectivity index (χ1n) is 4.55. The van der Waals surface area contributed by atoms with E-state index in [0.717, 1.165) is 0 Å². The van der Waals surface area contributed by atoms with Crippen molar-refractivity contribution >= 4 is 11.9 Å². The zero-order valence-corrected chi connectivity index (χ0v) is 9.26. The summed E-state index contributed by atoms with van der Waals surface area (Å²) in [4.78, 5) is 20.8. The van der Waals surface area contributed by atoms with Gasteiger partial charge in [-0.1, -0.05) is 20.4 Å². The summed E-state index contributed by atoms with van der Waals surface area (Å²) in [5.74, 6) is -1.67. The van der Waals surface area contributed by atoms with E-state index in [4.69, 9.17) is 11.5 Å². The Hall–Kier alpha value is -3.72. The summed E-state index contributed by atoms with van der Waals surface area (Å²) < 4.78 is 0.991. The van der Waals surface area contributed by atoms with Gasteiger partial charge in [0.15, 0.2) is 0 Å². The monoisotopic (exact) mass is 284 g/mol. The number of anilines is 2. The Morgan fingerprint density at radius 1 is 0.850 bits per heavy atom.